The summed E-state index contributed by atoms with van der Waals surface area (Å²) in [5, 5.41) is 20.6. The molecule has 7 heteroatoms. The van der Waals surface area contributed by atoms with Crippen molar-refractivity contribution in [2.75, 3.05) is 13.1 Å². The number of nitrogens with zero attached hydrogens (tertiary/aromatic N) is 2. The summed E-state index contributed by atoms with van der Waals surface area (Å²) in [4.78, 5) is 23.3. The van der Waals surface area contributed by atoms with Crippen molar-refractivity contribution in [1.82, 2.24) is 4.90 Å². The molecule has 21 heavy (non-hydrogen) atoms. The lowest BCUT2D eigenvalue weighted by Crippen LogP contribution is -2.37. The molecule has 1 N–H and O–H groups in total. The minimum Gasteiger partial charge on any atom is -0.444 e. The highest BCUT2D eigenvalue weighted by molar-refractivity contribution is 5.68. The average Bonchev–Trinajstić information content (AvgIpc) is 2.74. The molecule has 0 saturated carbocycles. The zero-order valence-corrected chi connectivity index (χ0v) is 11.7. The maximum atomic E-state index is 12.0. The van der Waals surface area contributed by atoms with Crippen LogP contribution in [0.5, 0.6) is 0 Å². The van der Waals surface area contributed by atoms with Crippen molar-refractivity contribution >= 4 is 6.09 Å². The minimum atomic E-state index is -1.04. The predicted molar refractivity (Wildman–Crippen MR) is 73.9 cm³/mol. The molecule has 7 nitrogen and oxygen atoms in total. The third-order valence-electron chi connectivity index (χ3n) is 3.79. The molecule has 1 saturated heterocycles. The monoisotopic (exact) mass is 294 g/mol. The number of aliphatic hydroxyl groups is 1. The van der Waals surface area contributed by atoms with Gasteiger partial charge in [-0.1, -0.05) is 37.3 Å². The second-order valence-corrected chi connectivity index (χ2v) is 5.24. The molecule has 1 fully saturated rings. The number of hydrogen-bond donors (Lipinski definition) is 1. The molecule has 3 atom stereocenters. The maximum absolute atomic E-state index is 12.0. The van der Waals surface area contributed by atoms with E-state index in [1.807, 2.05) is 30.3 Å². The lowest BCUT2D eigenvalue weighted by molar-refractivity contribution is -0.488. The van der Waals surface area contributed by atoms with Crippen LogP contribution in [0.3, 0.4) is 0 Å². The molecule has 0 aliphatic carbocycles. The van der Waals surface area contributed by atoms with Crippen LogP contribution in [0.1, 0.15) is 12.5 Å². The van der Waals surface area contributed by atoms with E-state index in [4.69, 9.17) is 4.74 Å². The summed E-state index contributed by atoms with van der Waals surface area (Å²) in [5.41, 5.74) is 0.842. The molecule has 0 aromatic heterocycles. The third-order valence-corrected chi connectivity index (χ3v) is 3.79. The van der Waals surface area contributed by atoms with E-state index < -0.39 is 17.2 Å². The van der Waals surface area contributed by atoms with Crippen molar-refractivity contribution in [2.24, 2.45) is 11.8 Å². The second kappa shape index (κ2) is 6.53. The van der Waals surface area contributed by atoms with Gasteiger partial charge in [0.05, 0.1) is 0 Å². The Bertz CT molecular complexity index is 507. The SMILES string of the molecule is C[C@H]1C(O)N(C(=O)OCc2ccccc2)C[C@H]1C[N+](=O)[O-]. The van der Waals surface area contributed by atoms with E-state index in [1.54, 1.807) is 6.92 Å². The van der Waals surface area contributed by atoms with Gasteiger partial charge in [0.15, 0.2) is 0 Å². The fourth-order valence-electron chi connectivity index (χ4n) is 2.45. The van der Waals surface area contributed by atoms with Gasteiger partial charge in [-0.15, -0.1) is 0 Å². The molecule has 0 spiro atoms. The molecule has 1 unspecified atom stereocenters. The van der Waals surface area contributed by atoms with Gasteiger partial charge in [-0.2, -0.15) is 0 Å². The maximum Gasteiger partial charge on any atom is 0.412 e. The summed E-state index contributed by atoms with van der Waals surface area (Å²) in [6.45, 7) is 1.68. The van der Waals surface area contributed by atoms with E-state index in [-0.39, 0.29) is 31.5 Å². The van der Waals surface area contributed by atoms with Crippen LogP contribution in [-0.2, 0) is 11.3 Å². The summed E-state index contributed by atoms with van der Waals surface area (Å²) in [6, 6.07) is 9.18. The molecular weight excluding hydrogens is 276 g/mol. The summed E-state index contributed by atoms with van der Waals surface area (Å²) in [7, 11) is 0. The molecular formula is C14H18N2O5. The Morgan fingerprint density at radius 3 is 2.76 bits per heavy atom. The largest absolute Gasteiger partial charge is 0.444 e. The predicted octanol–water partition coefficient (Wildman–Crippen LogP) is 1.49. The fourth-order valence-corrected chi connectivity index (χ4v) is 2.45. The van der Waals surface area contributed by atoms with Crippen LogP contribution < -0.4 is 0 Å². The number of amides is 1. The molecule has 1 aliphatic rings. The number of nitro groups is 1. The molecule has 1 amide bonds. The first-order valence-corrected chi connectivity index (χ1v) is 6.76. The van der Waals surface area contributed by atoms with Crippen molar-refractivity contribution in [3.05, 3.63) is 46.0 Å². The van der Waals surface area contributed by atoms with E-state index in [0.29, 0.717) is 0 Å². The van der Waals surface area contributed by atoms with Gasteiger partial charge in [0.2, 0.25) is 6.54 Å². The van der Waals surface area contributed by atoms with Crippen LogP contribution in [-0.4, -0.2) is 40.3 Å². The quantitative estimate of drug-likeness (QED) is 0.670. The van der Waals surface area contributed by atoms with Crippen molar-refractivity contribution in [2.45, 2.75) is 19.8 Å². The number of likely N-dealkylation sites (tertiary alicyclic amines) is 1. The van der Waals surface area contributed by atoms with Gasteiger partial charge in [0, 0.05) is 23.3 Å². The Hall–Kier alpha value is -2.15. The first kappa shape index (κ1) is 15.2. The van der Waals surface area contributed by atoms with Crippen molar-refractivity contribution < 1.29 is 19.6 Å². The highest BCUT2D eigenvalue weighted by atomic mass is 16.6. The third kappa shape index (κ3) is 3.69. The number of carbonyl (C=O) groups is 1. The van der Waals surface area contributed by atoms with E-state index in [1.165, 1.54) is 0 Å². The molecule has 0 bridgehead atoms. The number of hydrogen-bond acceptors (Lipinski definition) is 5. The van der Waals surface area contributed by atoms with Gasteiger partial charge in [0.25, 0.3) is 0 Å². The Morgan fingerprint density at radius 1 is 1.48 bits per heavy atom. The van der Waals surface area contributed by atoms with Crippen LogP contribution in [0.25, 0.3) is 0 Å². The average molecular weight is 294 g/mol. The van der Waals surface area contributed by atoms with E-state index in [2.05, 4.69) is 0 Å². The van der Waals surface area contributed by atoms with Crippen molar-refractivity contribution in [3.8, 4) is 0 Å². The number of ether oxygens (including phenoxy) is 1. The molecule has 1 aromatic rings. The van der Waals surface area contributed by atoms with Gasteiger partial charge in [-0.25, -0.2) is 4.79 Å². The lowest BCUT2D eigenvalue weighted by Gasteiger charge is -2.21. The van der Waals surface area contributed by atoms with E-state index in [9.17, 15) is 20.0 Å². The molecule has 0 radical (unpaired) electrons. The highest BCUT2D eigenvalue weighted by Crippen LogP contribution is 2.28. The van der Waals surface area contributed by atoms with Gasteiger partial charge in [0.1, 0.15) is 12.8 Å². The summed E-state index contributed by atoms with van der Waals surface area (Å²) >= 11 is 0. The molecule has 1 heterocycles. The lowest BCUT2D eigenvalue weighted by atomic mass is 9.97. The number of rotatable bonds is 4. The number of benzene rings is 1. The second-order valence-electron chi connectivity index (χ2n) is 5.24. The smallest absolute Gasteiger partial charge is 0.412 e. The van der Waals surface area contributed by atoms with Gasteiger partial charge < -0.3 is 9.84 Å². The van der Waals surface area contributed by atoms with E-state index >= 15 is 0 Å². The Labute approximate surface area is 122 Å². The first-order chi connectivity index (χ1) is 9.99. The Balaban J connectivity index is 1.92. The van der Waals surface area contributed by atoms with Crippen LogP contribution in [0.15, 0.2) is 30.3 Å². The molecule has 114 valence electrons. The van der Waals surface area contributed by atoms with Gasteiger partial charge in [-0.05, 0) is 5.56 Å². The Morgan fingerprint density at radius 2 is 2.14 bits per heavy atom. The standard InChI is InChI=1S/C14H18N2O5/c1-10-12(8-16(19)20)7-15(13(10)17)14(18)21-9-11-5-3-2-4-6-11/h2-6,10,12-13,17H,7-9H2,1H3/t10-,12+,13?/m1/s1. The Kier molecular flexibility index (Phi) is 4.74. The minimum absolute atomic E-state index is 0.108. The summed E-state index contributed by atoms with van der Waals surface area (Å²) in [6.07, 6.45) is -1.69. The molecule has 1 aromatic carbocycles. The fraction of sp³-hybridized carbons (Fsp3) is 0.500. The van der Waals surface area contributed by atoms with Crippen LogP contribution in [0.2, 0.25) is 0 Å². The van der Waals surface area contributed by atoms with Crippen LogP contribution >= 0.6 is 0 Å². The molecule has 2 rings (SSSR count). The first-order valence-electron chi connectivity index (χ1n) is 6.76. The summed E-state index contributed by atoms with van der Waals surface area (Å²) < 4.78 is 5.14. The van der Waals surface area contributed by atoms with E-state index in [0.717, 1.165) is 10.5 Å². The number of carbonyl (C=O) groups excluding carboxylic acids is 1. The number of aliphatic hydroxyl groups excluding tert-OH is 1. The van der Waals surface area contributed by atoms with Gasteiger partial charge in [-0.3, -0.25) is 15.0 Å². The normalized spacial score (nSPS) is 24.9. The van der Waals surface area contributed by atoms with Crippen molar-refractivity contribution in [1.29, 1.82) is 0 Å². The summed E-state index contributed by atoms with van der Waals surface area (Å²) in [5.74, 6) is -0.709. The zero-order valence-electron chi connectivity index (χ0n) is 11.7. The van der Waals surface area contributed by atoms with Crippen LogP contribution in [0, 0.1) is 22.0 Å². The molecule has 1 aliphatic heterocycles. The topological polar surface area (TPSA) is 92.9 Å². The van der Waals surface area contributed by atoms with Crippen molar-refractivity contribution in [3.63, 3.8) is 0 Å². The zero-order chi connectivity index (χ0) is 15.4. The highest BCUT2D eigenvalue weighted by Gasteiger charge is 2.43. The van der Waals surface area contributed by atoms with Crippen LogP contribution in [0.4, 0.5) is 4.79 Å². The van der Waals surface area contributed by atoms with Gasteiger partial charge >= 0.3 is 6.09 Å².